The third-order valence-corrected chi connectivity index (χ3v) is 3.87. The van der Waals surface area contributed by atoms with Crippen molar-refractivity contribution in [1.29, 1.82) is 0 Å². The van der Waals surface area contributed by atoms with Gasteiger partial charge in [0.1, 0.15) is 5.75 Å². The number of anilines is 1. The molecular formula is C14H19NO4S. The highest BCUT2D eigenvalue weighted by Gasteiger charge is 2.11. The van der Waals surface area contributed by atoms with Crippen molar-refractivity contribution in [3.05, 3.63) is 24.3 Å². The molecule has 0 radical (unpaired) electrons. The van der Waals surface area contributed by atoms with E-state index in [1.807, 2.05) is 12.1 Å². The number of methoxy groups -OCH3 is 1. The van der Waals surface area contributed by atoms with E-state index < -0.39 is 11.9 Å². The van der Waals surface area contributed by atoms with Gasteiger partial charge in [-0.3, -0.25) is 9.59 Å². The Bertz CT molecular complexity index is 464. The van der Waals surface area contributed by atoms with Gasteiger partial charge >= 0.3 is 5.97 Å². The van der Waals surface area contributed by atoms with Crippen molar-refractivity contribution in [3.8, 4) is 5.75 Å². The Kier molecular flexibility index (Phi) is 6.93. The second-order valence-electron chi connectivity index (χ2n) is 4.31. The highest BCUT2D eigenvalue weighted by atomic mass is 32.2. The number of carbonyl (C=O) groups excluding carboxylic acids is 1. The van der Waals surface area contributed by atoms with E-state index in [0.29, 0.717) is 29.4 Å². The lowest BCUT2D eigenvalue weighted by molar-refractivity contribution is -0.140. The van der Waals surface area contributed by atoms with Crippen LogP contribution in [0.1, 0.15) is 13.3 Å². The van der Waals surface area contributed by atoms with Gasteiger partial charge in [-0.25, -0.2) is 0 Å². The smallest absolute Gasteiger partial charge is 0.307 e. The zero-order valence-electron chi connectivity index (χ0n) is 11.6. The number of carbonyl (C=O) groups is 2. The fourth-order valence-electron chi connectivity index (χ4n) is 1.46. The normalized spacial score (nSPS) is 11.7. The van der Waals surface area contributed by atoms with Crippen molar-refractivity contribution >= 4 is 29.3 Å². The molecule has 0 aliphatic rings. The quantitative estimate of drug-likeness (QED) is 0.721. The van der Waals surface area contributed by atoms with E-state index in [4.69, 9.17) is 9.84 Å². The van der Waals surface area contributed by atoms with Crippen LogP contribution in [0.4, 0.5) is 5.69 Å². The Morgan fingerprint density at radius 2 is 2.10 bits per heavy atom. The predicted molar refractivity (Wildman–Crippen MR) is 80.4 cm³/mol. The highest BCUT2D eigenvalue weighted by Crippen LogP contribution is 2.23. The van der Waals surface area contributed by atoms with Crippen LogP contribution in [0.3, 0.4) is 0 Å². The summed E-state index contributed by atoms with van der Waals surface area (Å²) < 4.78 is 5.14. The summed E-state index contributed by atoms with van der Waals surface area (Å²) >= 11 is 1.47. The maximum absolute atomic E-state index is 11.8. The molecule has 1 aromatic rings. The lowest BCUT2D eigenvalue weighted by atomic mass is 10.2. The molecule has 0 aromatic heterocycles. The first-order chi connectivity index (χ1) is 9.54. The average Bonchev–Trinajstić information content (AvgIpc) is 2.43. The number of amides is 1. The highest BCUT2D eigenvalue weighted by molar-refractivity contribution is 7.99. The largest absolute Gasteiger partial charge is 0.495 e. The number of aliphatic carboxylic acids is 1. The molecule has 1 aromatic carbocycles. The van der Waals surface area contributed by atoms with Crippen LogP contribution < -0.4 is 10.1 Å². The van der Waals surface area contributed by atoms with E-state index in [2.05, 4.69) is 5.32 Å². The molecule has 0 saturated heterocycles. The van der Waals surface area contributed by atoms with Gasteiger partial charge in [0.2, 0.25) is 5.91 Å². The number of hydrogen-bond acceptors (Lipinski definition) is 4. The minimum Gasteiger partial charge on any atom is -0.495 e. The first-order valence-electron chi connectivity index (χ1n) is 6.28. The molecule has 2 N–H and O–H groups in total. The molecule has 0 spiro atoms. The van der Waals surface area contributed by atoms with Crippen molar-refractivity contribution in [2.75, 3.05) is 23.9 Å². The number of nitrogens with one attached hydrogen (secondary N) is 1. The zero-order valence-corrected chi connectivity index (χ0v) is 12.4. The first kappa shape index (κ1) is 16.4. The first-order valence-corrected chi connectivity index (χ1v) is 7.43. The summed E-state index contributed by atoms with van der Waals surface area (Å²) in [6, 6.07) is 7.20. The third-order valence-electron chi connectivity index (χ3n) is 2.64. The van der Waals surface area contributed by atoms with Crippen molar-refractivity contribution < 1.29 is 19.4 Å². The van der Waals surface area contributed by atoms with Gasteiger partial charge in [-0.15, -0.1) is 0 Å². The zero-order chi connectivity index (χ0) is 15.0. The van der Waals surface area contributed by atoms with Crippen LogP contribution in [0.25, 0.3) is 0 Å². The van der Waals surface area contributed by atoms with Gasteiger partial charge < -0.3 is 15.2 Å². The SMILES string of the molecule is COc1ccccc1NC(=O)CCSCC(C)C(=O)O. The molecule has 110 valence electrons. The monoisotopic (exact) mass is 297 g/mol. The molecule has 0 heterocycles. The standard InChI is InChI=1S/C14H19NO4S/c1-10(14(17)18)9-20-8-7-13(16)15-11-5-3-4-6-12(11)19-2/h3-6,10H,7-9H2,1-2H3,(H,15,16)(H,17,18). The van der Waals surface area contributed by atoms with Crippen LogP contribution in [-0.2, 0) is 9.59 Å². The van der Waals surface area contributed by atoms with Gasteiger partial charge in [0.25, 0.3) is 0 Å². The summed E-state index contributed by atoms with van der Waals surface area (Å²) in [6.07, 6.45) is 0.342. The molecule has 1 rings (SSSR count). The summed E-state index contributed by atoms with van der Waals surface area (Å²) in [7, 11) is 1.55. The van der Waals surface area contributed by atoms with Crippen LogP contribution in [0.15, 0.2) is 24.3 Å². The van der Waals surface area contributed by atoms with E-state index in [9.17, 15) is 9.59 Å². The maximum atomic E-state index is 11.8. The summed E-state index contributed by atoms with van der Waals surface area (Å²) in [5, 5.41) is 11.5. The van der Waals surface area contributed by atoms with Crippen molar-refractivity contribution in [3.63, 3.8) is 0 Å². The lowest BCUT2D eigenvalue weighted by Gasteiger charge is -2.10. The Morgan fingerprint density at radius 3 is 2.75 bits per heavy atom. The van der Waals surface area contributed by atoms with E-state index in [1.165, 1.54) is 11.8 Å². The number of carboxylic acids is 1. The van der Waals surface area contributed by atoms with Crippen LogP contribution in [-0.4, -0.2) is 35.6 Å². The lowest BCUT2D eigenvalue weighted by Crippen LogP contribution is -2.15. The Morgan fingerprint density at radius 1 is 1.40 bits per heavy atom. The molecule has 0 aliphatic heterocycles. The van der Waals surface area contributed by atoms with E-state index in [1.54, 1.807) is 26.2 Å². The Labute approximate surface area is 122 Å². The minimum absolute atomic E-state index is 0.107. The fourth-order valence-corrected chi connectivity index (χ4v) is 2.45. The van der Waals surface area contributed by atoms with Gasteiger partial charge in [-0.1, -0.05) is 19.1 Å². The number of benzene rings is 1. The van der Waals surface area contributed by atoms with Gasteiger partial charge in [0, 0.05) is 17.9 Å². The minimum atomic E-state index is -0.809. The molecular weight excluding hydrogens is 278 g/mol. The van der Waals surface area contributed by atoms with E-state index in [0.717, 1.165) is 0 Å². The van der Waals surface area contributed by atoms with Crippen molar-refractivity contribution in [2.45, 2.75) is 13.3 Å². The van der Waals surface area contributed by atoms with E-state index >= 15 is 0 Å². The number of para-hydroxylation sites is 2. The number of thioether (sulfide) groups is 1. The number of ether oxygens (including phenoxy) is 1. The summed E-state index contributed by atoms with van der Waals surface area (Å²) in [6.45, 7) is 1.66. The van der Waals surface area contributed by atoms with E-state index in [-0.39, 0.29) is 5.91 Å². The summed E-state index contributed by atoms with van der Waals surface area (Å²) in [5.74, 6) is 0.418. The molecule has 1 unspecified atom stereocenters. The summed E-state index contributed by atoms with van der Waals surface area (Å²) in [5.41, 5.74) is 0.643. The molecule has 0 bridgehead atoms. The van der Waals surface area contributed by atoms with Crippen LogP contribution >= 0.6 is 11.8 Å². The molecule has 0 aliphatic carbocycles. The fraction of sp³-hybridized carbons (Fsp3) is 0.429. The van der Waals surface area contributed by atoms with Gasteiger partial charge in [0.15, 0.2) is 0 Å². The Hall–Kier alpha value is -1.69. The second-order valence-corrected chi connectivity index (χ2v) is 5.46. The average molecular weight is 297 g/mol. The van der Waals surface area contributed by atoms with Crippen LogP contribution in [0, 0.1) is 5.92 Å². The van der Waals surface area contributed by atoms with Crippen molar-refractivity contribution in [2.24, 2.45) is 5.92 Å². The Balaban J connectivity index is 2.32. The molecule has 0 saturated carbocycles. The number of rotatable bonds is 8. The molecule has 0 fully saturated rings. The molecule has 5 nitrogen and oxygen atoms in total. The van der Waals surface area contributed by atoms with Gasteiger partial charge in [-0.2, -0.15) is 11.8 Å². The van der Waals surface area contributed by atoms with Gasteiger partial charge in [0.05, 0.1) is 18.7 Å². The maximum Gasteiger partial charge on any atom is 0.307 e. The second kappa shape index (κ2) is 8.47. The predicted octanol–water partition coefficient (Wildman–Crippen LogP) is 2.48. The summed E-state index contributed by atoms with van der Waals surface area (Å²) in [4.78, 5) is 22.4. The van der Waals surface area contributed by atoms with Gasteiger partial charge in [-0.05, 0) is 12.1 Å². The van der Waals surface area contributed by atoms with Crippen LogP contribution in [0.2, 0.25) is 0 Å². The molecule has 6 heteroatoms. The van der Waals surface area contributed by atoms with Crippen molar-refractivity contribution in [1.82, 2.24) is 0 Å². The number of hydrogen-bond donors (Lipinski definition) is 2. The van der Waals surface area contributed by atoms with Crippen LogP contribution in [0.5, 0.6) is 5.75 Å². The molecule has 20 heavy (non-hydrogen) atoms. The third kappa shape index (κ3) is 5.52. The molecule has 1 amide bonds. The topological polar surface area (TPSA) is 75.6 Å². The molecule has 1 atom stereocenters. The number of carboxylic acid groups (broad SMARTS) is 1.